The number of aromatic nitrogens is 3. The number of anilines is 1. The van der Waals surface area contributed by atoms with E-state index in [0.717, 1.165) is 11.4 Å². The lowest BCUT2D eigenvalue weighted by Gasteiger charge is -2.09. The number of hydrogen-bond acceptors (Lipinski definition) is 5. The smallest absolute Gasteiger partial charge is 0.234 e. The molecule has 0 aliphatic rings. The molecule has 0 aliphatic carbocycles. The zero-order valence-corrected chi connectivity index (χ0v) is 17.2. The second kappa shape index (κ2) is 9.10. The number of rotatable bonds is 7. The number of carbonyl (C=O) groups excluding carboxylic acids is 1. The first kappa shape index (κ1) is 19.5. The van der Waals surface area contributed by atoms with Crippen LogP contribution in [0, 0.1) is 0 Å². The number of amides is 1. The molecular weight excluding hydrogens is 376 g/mol. The molecule has 0 saturated carbocycles. The van der Waals surface area contributed by atoms with E-state index >= 15 is 0 Å². The number of benzene rings is 2. The minimum atomic E-state index is -0.0680. The molecule has 0 unspecified atom stereocenters. The van der Waals surface area contributed by atoms with Crippen LogP contribution in [-0.2, 0) is 4.79 Å². The fourth-order valence-corrected chi connectivity index (χ4v) is 3.66. The fraction of sp³-hybridized carbons (Fsp3) is 0.250. The maximum Gasteiger partial charge on any atom is 0.234 e. The van der Waals surface area contributed by atoms with Crippen molar-refractivity contribution in [2.45, 2.75) is 29.8 Å². The fourth-order valence-electron chi connectivity index (χ4n) is 2.52. The van der Waals surface area contributed by atoms with Crippen LogP contribution in [0.25, 0.3) is 5.69 Å². The summed E-state index contributed by atoms with van der Waals surface area (Å²) in [5.74, 6) is 0.691. The normalized spacial score (nSPS) is 11.0. The minimum absolute atomic E-state index is 0.0680. The summed E-state index contributed by atoms with van der Waals surface area (Å²) in [7, 11) is 0. The van der Waals surface area contributed by atoms with Gasteiger partial charge in [-0.2, -0.15) is 0 Å². The van der Waals surface area contributed by atoms with Gasteiger partial charge in [-0.25, -0.2) is 0 Å². The number of carbonyl (C=O) groups is 1. The first-order valence-corrected chi connectivity index (χ1v) is 10.8. The van der Waals surface area contributed by atoms with Crippen LogP contribution < -0.4 is 5.32 Å². The summed E-state index contributed by atoms with van der Waals surface area (Å²) in [6.07, 6.45) is 3.70. The molecule has 0 spiro atoms. The highest BCUT2D eigenvalue weighted by molar-refractivity contribution is 7.99. The zero-order chi connectivity index (χ0) is 19.2. The molecule has 1 heterocycles. The second-order valence-corrected chi connectivity index (χ2v) is 8.12. The minimum Gasteiger partial charge on any atom is -0.325 e. The zero-order valence-electron chi connectivity index (χ0n) is 15.5. The number of nitrogens with one attached hydrogen (secondary N) is 1. The van der Waals surface area contributed by atoms with Crippen LogP contribution in [0.15, 0.2) is 64.9 Å². The van der Waals surface area contributed by atoms with Crippen LogP contribution in [0.3, 0.4) is 0 Å². The van der Waals surface area contributed by atoms with Crippen LogP contribution in [-0.4, -0.2) is 32.7 Å². The molecule has 1 amide bonds. The monoisotopic (exact) mass is 398 g/mol. The molecule has 140 valence electrons. The van der Waals surface area contributed by atoms with E-state index in [1.807, 2.05) is 35.1 Å². The van der Waals surface area contributed by atoms with E-state index in [9.17, 15) is 4.79 Å². The van der Waals surface area contributed by atoms with E-state index in [0.29, 0.717) is 11.1 Å². The molecule has 27 heavy (non-hydrogen) atoms. The SMILES string of the molecule is CSc1ccc(NC(=O)CSc2nncn2-c2ccc(C(C)C)cc2)cc1. The van der Waals surface area contributed by atoms with Crippen LogP contribution in [0.2, 0.25) is 0 Å². The van der Waals surface area contributed by atoms with E-state index in [2.05, 4.69) is 53.6 Å². The van der Waals surface area contributed by atoms with Crippen molar-refractivity contribution in [3.8, 4) is 5.69 Å². The summed E-state index contributed by atoms with van der Waals surface area (Å²) in [5, 5.41) is 11.7. The maximum atomic E-state index is 12.2. The summed E-state index contributed by atoms with van der Waals surface area (Å²) < 4.78 is 1.90. The number of hydrogen-bond donors (Lipinski definition) is 1. The van der Waals surface area contributed by atoms with Gasteiger partial charge in [0.1, 0.15) is 6.33 Å². The molecule has 0 fully saturated rings. The average Bonchev–Trinajstić information content (AvgIpc) is 3.15. The van der Waals surface area contributed by atoms with Crippen LogP contribution >= 0.6 is 23.5 Å². The summed E-state index contributed by atoms with van der Waals surface area (Å²) in [4.78, 5) is 13.4. The Labute approximate surface area is 168 Å². The van der Waals surface area contributed by atoms with Crippen molar-refractivity contribution in [1.82, 2.24) is 14.8 Å². The molecule has 1 aromatic heterocycles. The lowest BCUT2D eigenvalue weighted by molar-refractivity contribution is -0.113. The van der Waals surface area contributed by atoms with E-state index in [1.165, 1.54) is 22.2 Å². The summed E-state index contributed by atoms with van der Waals surface area (Å²) in [6, 6.07) is 16.1. The van der Waals surface area contributed by atoms with Gasteiger partial charge in [0.2, 0.25) is 5.91 Å². The average molecular weight is 399 g/mol. The van der Waals surface area contributed by atoms with Gasteiger partial charge in [-0.15, -0.1) is 22.0 Å². The third-order valence-corrected chi connectivity index (χ3v) is 5.75. The van der Waals surface area contributed by atoms with Gasteiger partial charge in [0.05, 0.1) is 5.75 Å². The van der Waals surface area contributed by atoms with Crippen molar-refractivity contribution >= 4 is 35.1 Å². The summed E-state index contributed by atoms with van der Waals surface area (Å²) in [6.45, 7) is 4.34. The highest BCUT2D eigenvalue weighted by Crippen LogP contribution is 2.22. The van der Waals surface area contributed by atoms with Crippen LogP contribution in [0.4, 0.5) is 5.69 Å². The summed E-state index contributed by atoms with van der Waals surface area (Å²) in [5.41, 5.74) is 3.07. The van der Waals surface area contributed by atoms with Crippen molar-refractivity contribution in [2.75, 3.05) is 17.3 Å². The Bertz CT molecular complexity index is 889. The van der Waals surface area contributed by atoms with Gasteiger partial charge in [0.15, 0.2) is 5.16 Å². The van der Waals surface area contributed by atoms with Gasteiger partial charge in [0, 0.05) is 16.3 Å². The largest absolute Gasteiger partial charge is 0.325 e. The van der Waals surface area contributed by atoms with Gasteiger partial charge < -0.3 is 5.32 Å². The van der Waals surface area contributed by atoms with Crippen molar-refractivity contribution in [3.05, 3.63) is 60.4 Å². The first-order valence-electron chi connectivity index (χ1n) is 8.64. The quantitative estimate of drug-likeness (QED) is 0.577. The van der Waals surface area contributed by atoms with E-state index < -0.39 is 0 Å². The lowest BCUT2D eigenvalue weighted by atomic mass is 10.0. The maximum absolute atomic E-state index is 12.2. The van der Waals surface area contributed by atoms with Crippen LogP contribution in [0.1, 0.15) is 25.3 Å². The van der Waals surface area contributed by atoms with Gasteiger partial charge in [-0.3, -0.25) is 9.36 Å². The Morgan fingerprint density at radius 1 is 1.11 bits per heavy atom. The van der Waals surface area contributed by atoms with E-state index in [-0.39, 0.29) is 11.7 Å². The predicted octanol–water partition coefficient (Wildman–Crippen LogP) is 4.84. The molecular formula is C20H22N4OS2. The van der Waals surface area contributed by atoms with Gasteiger partial charge in [-0.1, -0.05) is 37.7 Å². The molecule has 3 rings (SSSR count). The Kier molecular flexibility index (Phi) is 6.58. The standard InChI is InChI=1S/C20H22N4OS2/c1-14(2)15-4-8-17(9-5-15)24-13-21-23-20(24)27-12-19(25)22-16-6-10-18(26-3)11-7-16/h4-11,13-14H,12H2,1-3H3,(H,22,25). The van der Waals surface area contributed by atoms with Crippen LogP contribution in [0.5, 0.6) is 0 Å². The molecule has 5 nitrogen and oxygen atoms in total. The highest BCUT2D eigenvalue weighted by atomic mass is 32.2. The lowest BCUT2D eigenvalue weighted by Crippen LogP contribution is -2.14. The molecule has 2 aromatic carbocycles. The first-order chi connectivity index (χ1) is 13.1. The molecule has 3 aromatic rings. The van der Waals surface area contributed by atoms with Gasteiger partial charge in [-0.05, 0) is 54.1 Å². The van der Waals surface area contributed by atoms with Crippen molar-refractivity contribution in [2.24, 2.45) is 0 Å². The highest BCUT2D eigenvalue weighted by Gasteiger charge is 2.11. The summed E-state index contributed by atoms with van der Waals surface area (Å²) >= 11 is 3.04. The third-order valence-electron chi connectivity index (χ3n) is 4.06. The van der Waals surface area contributed by atoms with Gasteiger partial charge in [0.25, 0.3) is 0 Å². The predicted molar refractivity (Wildman–Crippen MR) is 113 cm³/mol. The van der Waals surface area contributed by atoms with Crippen molar-refractivity contribution < 1.29 is 4.79 Å². The topological polar surface area (TPSA) is 59.8 Å². The second-order valence-electron chi connectivity index (χ2n) is 6.30. The Morgan fingerprint density at radius 3 is 2.44 bits per heavy atom. The van der Waals surface area contributed by atoms with E-state index in [4.69, 9.17) is 0 Å². The van der Waals surface area contributed by atoms with Crippen molar-refractivity contribution in [1.29, 1.82) is 0 Å². The third kappa shape index (κ3) is 5.14. The molecule has 0 aliphatic heterocycles. The van der Waals surface area contributed by atoms with Gasteiger partial charge >= 0.3 is 0 Å². The molecule has 0 bridgehead atoms. The molecule has 1 N–H and O–H groups in total. The molecule has 0 saturated heterocycles. The van der Waals surface area contributed by atoms with Crippen molar-refractivity contribution in [3.63, 3.8) is 0 Å². The molecule has 0 radical (unpaired) electrons. The Morgan fingerprint density at radius 2 is 1.81 bits per heavy atom. The Hall–Kier alpha value is -2.25. The molecule has 0 atom stereocenters. The number of thioether (sulfide) groups is 2. The van der Waals surface area contributed by atoms with E-state index in [1.54, 1.807) is 18.1 Å². The Balaban J connectivity index is 1.61. The molecule has 7 heteroatoms. The number of nitrogens with zero attached hydrogens (tertiary/aromatic N) is 3.